The Bertz CT molecular complexity index is 221. The van der Waals surface area contributed by atoms with E-state index in [4.69, 9.17) is 14.6 Å². The van der Waals surface area contributed by atoms with Gasteiger partial charge in [-0.1, -0.05) is 45.8 Å². The molecule has 1 unspecified atom stereocenters. The summed E-state index contributed by atoms with van der Waals surface area (Å²) in [6.45, 7) is 14.9. The highest BCUT2D eigenvalue weighted by Crippen LogP contribution is 2.36. The molecule has 5 heteroatoms. The molecule has 0 radical (unpaired) electrons. The molecule has 0 aromatic heterocycles. The van der Waals surface area contributed by atoms with E-state index in [2.05, 4.69) is 41.5 Å². The molecular weight excluding hydrogens is 270 g/mol. The van der Waals surface area contributed by atoms with Gasteiger partial charge < -0.3 is 14.6 Å². The molecule has 0 saturated heterocycles. The summed E-state index contributed by atoms with van der Waals surface area (Å²) in [7, 11) is -3.65. The molecule has 0 fully saturated rings. The largest absolute Gasteiger partial charge is 0.397 e. The molecule has 0 amide bonds. The van der Waals surface area contributed by atoms with Crippen molar-refractivity contribution in [2.75, 3.05) is 13.2 Å². The first-order valence-electron chi connectivity index (χ1n) is 8.04. The molecule has 0 spiro atoms. The van der Waals surface area contributed by atoms with Gasteiger partial charge in [-0.05, 0) is 20.3 Å². The summed E-state index contributed by atoms with van der Waals surface area (Å²) in [4.78, 5) is 0. The second-order valence-electron chi connectivity index (χ2n) is 5.33. The van der Waals surface area contributed by atoms with E-state index in [0.29, 0.717) is 0 Å². The third-order valence-electron chi connectivity index (χ3n) is 4.65. The highest BCUT2D eigenvalue weighted by Gasteiger charge is 2.56. The molecule has 0 aliphatic carbocycles. The van der Waals surface area contributed by atoms with Crippen LogP contribution in [-0.4, -0.2) is 34.9 Å². The van der Waals surface area contributed by atoms with Gasteiger partial charge in [0.2, 0.25) is 0 Å². The minimum atomic E-state index is -2.15. The number of nitrogens with two attached hydrogens (primary N) is 1. The van der Waals surface area contributed by atoms with Crippen LogP contribution in [0.4, 0.5) is 0 Å². The fraction of sp³-hybridized carbons (Fsp3) is 1.00. The number of rotatable bonds is 11. The molecule has 0 aliphatic rings. The lowest BCUT2D eigenvalue weighted by Crippen LogP contribution is -2.67. The zero-order valence-electron chi connectivity index (χ0n) is 13.9. The second kappa shape index (κ2) is 9.29. The van der Waals surface area contributed by atoms with Crippen molar-refractivity contribution in [3.05, 3.63) is 0 Å². The lowest BCUT2D eigenvalue weighted by atomic mass is 10.3. The zero-order chi connectivity index (χ0) is 14.9. The van der Waals surface area contributed by atoms with Crippen LogP contribution >= 0.6 is 0 Å². The summed E-state index contributed by atoms with van der Waals surface area (Å²) < 4.78 is 12.8. The Morgan fingerprint density at radius 3 is 1.53 bits per heavy atom. The Morgan fingerprint density at radius 2 is 1.26 bits per heavy atom. The molecule has 0 aromatic rings. The van der Waals surface area contributed by atoms with E-state index in [-0.39, 0.29) is 6.04 Å². The Kier molecular flexibility index (Phi) is 9.44. The van der Waals surface area contributed by atoms with Gasteiger partial charge in [-0.3, -0.25) is 0 Å². The first kappa shape index (κ1) is 19.3. The van der Waals surface area contributed by atoms with Crippen LogP contribution in [0.2, 0.25) is 24.2 Å². The van der Waals surface area contributed by atoms with Crippen LogP contribution in [0, 0.1) is 0 Å². The van der Waals surface area contributed by atoms with E-state index in [1.165, 1.54) is 18.1 Å². The van der Waals surface area contributed by atoms with Gasteiger partial charge in [-0.15, -0.1) is 0 Å². The Balaban J connectivity index is 5.50. The first-order valence-corrected chi connectivity index (χ1v) is 13.7. The van der Waals surface area contributed by atoms with E-state index in [1.807, 2.05) is 0 Å². The van der Waals surface area contributed by atoms with Gasteiger partial charge in [0.25, 0.3) is 0 Å². The maximum absolute atomic E-state index is 6.38. The van der Waals surface area contributed by atoms with Gasteiger partial charge in [0, 0.05) is 25.3 Å². The molecular formula is C14H35NO2Si2. The first-order chi connectivity index (χ1) is 9.01. The lowest BCUT2D eigenvalue weighted by Gasteiger charge is -2.46. The lowest BCUT2D eigenvalue weighted by molar-refractivity contribution is 0.196. The SMILES string of the molecule is CCO[Si](CC(N)CC)(OCC)[Si](CC)(CC)CC. The van der Waals surface area contributed by atoms with Crippen molar-refractivity contribution in [3.63, 3.8) is 0 Å². The minimum absolute atomic E-state index is 0.223. The summed E-state index contributed by atoms with van der Waals surface area (Å²) in [5.74, 6) is 0. The molecule has 0 bridgehead atoms. The van der Waals surface area contributed by atoms with Crippen LogP contribution in [0.1, 0.15) is 48.0 Å². The zero-order valence-corrected chi connectivity index (χ0v) is 15.9. The van der Waals surface area contributed by atoms with Gasteiger partial charge in [-0.2, -0.15) is 0 Å². The van der Waals surface area contributed by atoms with E-state index in [0.717, 1.165) is 25.7 Å². The average molecular weight is 306 g/mol. The van der Waals surface area contributed by atoms with E-state index < -0.39 is 15.7 Å². The van der Waals surface area contributed by atoms with Gasteiger partial charge in [-0.25, -0.2) is 0 Å². The topological polar surface area (TPSA) is 44.5 Å². The van der Waals surface area contributed by atoms with Crippen molar-refractivity contribution in [1.82, 2.24) is 0 Å². The van der Waals surface area contributed by atoms with Crippen LogP contribution in [0.3, 0.4) is 0 Å². The van der Waals surface area contributed by atoms with Crippen LogP contribution < -0.4 is 5.73 Å². The summed E-state index contributed by atoms with van der Waals surface area (Å²) in [6, 6.07) is 4.96. The predicted molar refractivity (Wildman–Crippen MR) is 89.3 cm³/mol. The van der Waals surface area contributed by atoms with Crippen LogP contribution in [0.15, 0.2) is 0 Å². The van der Waals surface area contributed by atoms with Crippen molar-refractivity contribution in [3.8, 4) is 0 Å². The molecule has 3 nitrogen and oxygen atoms in total. The van der Waals surface area contributed by atoms with Crippen molar-refractivity contribution in [2.45, 2.75) is 78.2 Å². The summed E-state index contributed by atoms with van der Waals surface area (Å²) >= 11 is 0. The van der Waals surface area contributed by atoms with Gasteiger partial charge in [0.05, 0.1) is 0 Å². The molecule has 0 aliphatic heterocycles. The second-order valence-corrected chi connectivity index (χ2v) is 18.0. The monoisotopic (exact) mass is 305 g/mol. The fourth-order valence-electron chi connectivity index (χ4n) is 3.20. The summed E-state index contributed by atoms with van der Waals surface area (Å²) in [5.41, 5.74) is 6.28. The van der Waals surface area contributed by atoms with Gasteiger partial charge in [0.15, 0.2) is 0 Å². The molecule has 1 atom stereocenters. The van der Waals surface area contributed by atoms with Crippen LogP contribution in [-0.2, 0) is 8.85 Å². The maximum Gasteiger partial charge on any atom is 0.318 e. The van der Waals surface area contributed by atoms with E-state index in [9.17, 15) is 0 Å². The molecule has 2 N–H and O–H groups in total. The van der Waals surface area contributed by atoms with Crippen molar-refractivity contribution in [1.29, 1.82) is 0 Å². The number of hydrogen-bond acceptors (Lipinski definition) is 3. The van der Waals surface area contributed by atoms with Gasteiger partial charge >= 0.3 is 8.08 Å². The quantitative estimate of drug-likeness (QED) is 0.590. The van der Waals surface area contributed by atoms with Crippen molar-refractivity contribution in [2.24, 2.45) is 5.73 Å². The number of hydrogen-bond donors (Lipinski definition) is 1. The predicted octanol–water partition coefficient (Wildman–Crippen LogP) is 3.83. The Labute approximate surface area is 122 Å². The Hall–Kier alpha value is 0.314. The van der Waals surface area contributed by atoms with Crippen LogP contribution in [0.25, 0.3) is 0 Å². The van der Waals surface area contributed by atoms with Crippen molar-refractivity contribution < 1.29 is 8.85 Å². The van der Waals surface area contributed by atoms with E-state index in [1.54, 1.807) is 0 Å². The summed E-state index contributed by atoms with van der Waals surface area (Å²) in [5, 5.41) is 0. The smallest absolute Gasteiger partial charge is 0.318 e. The molecule has 116 valence electrons. The summed E-state index contributed by atoms with van der Waals surface area (Å²) in [6.07, 6.45) is 1.01. The minimum Gasteiger partial charge on any atom is -0.397 e. The third kappa shape index (κ3) is 4.39. The molecule has 0 heterocycles. The highest BCUT2D eigenvalue weighted by atomic mass is 29.3. The maximum atomic E-state index is 6.38. The standard InChI is InChI=1S/C14H35NO2Si2/c1-7-14(15)13-19(16-8-2,17-9-3)18(10-4,11-5)12-6/h14H,7-13,15H2,1-6H3. The highest BCUT2D eigenvalue weighted by molar-refractivity contribution is 7.37. The van der Waals surface area contributed by atoms with E-state index >= 15 is 0 Å². The average Bonchev–Trinajstić information content (AvgIpc) is 2.41. The molecule has 0 saturated carbocycles. The Morgan fingerprint density at radius 1 is 0.842 bits per heavy atom. The van der Waals surface area contributed by atoms with Crippen LogP contribution in [0.5, 0.6) is 0 Å². The van der Waals surface area contributed by atoms with Crippen molar-refractivity contribution >= 4 is 15.7 Å². The van der Waals surface area contributed by atoms with Gasteiger partial charge in [0.1, 0.15) is 7.59 Å². The molecule has 19 heavy (non-hydrogen) atoms. The normalized spacial score (nSPS) is 14.7. The third-order valence-corrected chi connectivity index (χ3v) is 22.4. The molecule has 0 rings (SSSR count). The fourth-order valence-corrected chi connectivity index (χ4v) is 19.2. The molecule has 0 aromatic carbocycles.